The molecule has 1 heteroatoms. The van der Waals surface area contributed by atoms with E-state index in [4.69, 9.17) is 4.74 Å². The molecule has 0 amide bonds. The molecule has 0 radical (unpaired) electrons. The van der Waals surface area contributed by atoms with Crippen LogP contribution in [0, 0.1) is 13.8 Å². The molecule has 0 bridgehead atoms. The van der Waals surface area contributed by atoms with E-state index in [2.05, 4.69) is 39.0 Å². The molecule has 0 saturated heterocycles. The lowest BCUT2D eigenvalue weighted by molar-refractivity contribution is 0.119. The Morgan fingerprint density at radius 3 is 2.00 bits per heavy atom. The number of benzene rings is 1. The fourth-order valence-corrected chi connectivity index (χ4v) is 1.38. The van der Waals surface area contributed by atoms with Gasteiger partial charge in [0.1, 0.15) is 0 Å². The Morgan fingerprint density at radius 2 is 1.58 bits per heavy atom. The van der Waals surface area contributed by atoms with Crippen LogP contribution in [0.1, 0.15) is 29.7 Å². The minimum atomic E-state index is 0.198. The van der Waals surface area contributed by atoms with Crippen LogP contribution in [-0.2, 0) is 4.74 Å². The fourth-order valence-electron chi connectivity index (χ4n) is 1.38. The Labute approximate surface area is 74.4 Å². The van der Waals surface area contributed by atoms with E-state index in [-0.39, 0.29) is 6.10 Å². The van der Waals surface area contributed by atoms with Crippen LogP contribution in [0.4, 0.5) is 0 Å². The van der Waals surface area contributed by atoms with Crippen molar-refractivity contribution < 1.29 is 4.74 Å². The molecule has 1 nitrogen and oxygen atoms in total. The van der Waals surface area contributed by atoms with Crippen molar-refractivity contribution in [2.75, 3.05) is 7.11 Å². The lowest BCUT2D eigenvalue weighted by Crippen LogP contribution is -1.96. The van der Waals surface area contributed by atoms with Gasteiger partial charge in [-0.05, 0) is 26.3 Å². The average Bonchev–Trinajstić information content (AvgIpc) is 2.01. The number of rotatable bonds is 2. The Morgan fingerprint density at radius 1 is 1.08 bits per heavy atom. The summed E-state index contributed by atoms with van der Waals surface area (Å²) in [7, 11) is 1.74. The summed E-state index contributed by atoms with van der Waals surface area (Å²) in [5, 5.41) is 0. The summed E-state index contributed by atoms with van der Waals surface area (Å²) in [6, 6.07) is 6.51. The first kappa shape index (κ1) is 9.27. The number of hydrogen-bond acceptors (Lipinski definition) is 1. The highest BCUT2D eigenvalue weighted by Gasteiger charge is 2.03. The van der Waals surface area contributed by atoms with Crippen molar-refractivity contribution >= 4 is 0 Å². The lowest BCUT2D eigenvalue weighted by atomic mass is 10.0. The molecule has 0 N–H and O–H groups in total. The molecule has 0 fully saturated rings. The van der Waals surface area contributed by atoms with Crippen molar-refractivity contribution in [2.24, 2.45) is 0 Å². The second-order valence-electron chi connectivity index (χ2n) is 3.30. The van der Waals surface area contributed by atoms with Crippen LogP contribution in [0.5, 0.6) is 0 Å². The zero-order valence-corrected chi connectivity index (χ0v) is 8.22. The third-order valence-electron chi connectivity index (χ3n) is 2.07. The summed E-state index contributed by atoms with van der Waals surface area (Å²) >= 11 is 0. The second kappa shape index (κ2) is 3.72. The maximum Gasteiger partial charge on any atom is 0.0793 e. The molecule has 66 valence electrons. The van der Waals surface area contributed by atoms with Gasteiger partial charge in [0.25, 0.3) is 0 Å². The van der Waals surface area contributed by atoms with Crippen molar-refractivity contribution in [1.82, 2.24) is 0 Å². The third-order valence-corrected chi connectivity index (χ3v) is 2.07. The maximum atomic E-state index is 5.25. The van der Waals surface area contributed by atoms with Gasteiger partial charge in [0.2, 0.25) is 0 Å². The SMILES string of the molecule is COC(C)c1cc(C)cc(C)c1. The minimum absolute atomic E-state index is 0.198. The quantitative estimate of drug-likeness (QED) is 0.653. The highest BCUT2D eigenvalue weighted by Crippen LogP contribution is 2.18. The average molecular weight is 164 g/mol. The highest BCUT2D eigenvalue weighted by atomic mass is 16.5. The first-order valence-corrected chi connectivity index (χ1v) is 4.24. The van der Waals surface area contributed by atoms with Gasteiger partial charge in [0, 0.05) is 7.11 Å². The van der Waals surface area contributed by atoms with Crippen LogP contribution in [-0.4, -0.2) is 7.11 Å². The number of hydrogen-bond donors (Lipinski definition) is 0. The van der Waals surface area contributed by atoms with E-state index in [0.29, 0.717) is 0 Å². The second-order valence-corrected chi connectivity index (χ2v) is 3.30. The zero-order valence-electron chi connectivity index (χ0n) is 8.22. The van der Waals surface area contributed by atoms with E-state index in [1.54, 1.807) is 7.11 Å². The van der Waals surface area contributed by atoms with Crippen molar-refractivity contribution in [3.63, 3.8) is 0 Å². The third kappa shape index (κ3) is 2.08. The van der Waals surface area contributed by atoms with E-state index >= 15 is 0 Å². The van der Waals surface area contributed by atoms with Gasteiger partial charge in [0.15, 0.2) is 0 Å². The van der Waals surface area contributed by atoms with Crippen LogP contribution in [0.25, 0.3) is 0 Å². The predicted molar refractivity (Wildman–Crippen MR) is 51.3 cm³/mol. The first-order valence-electron chi connectivity index (χ1n) is 4.24. The van der Waals surface area contributed by atoms with E-state index in [9.17, 15) is 0 Å². The molecular formula is C11H16O. The summed E-state index contributed by atoms with van der Waals surface area (Å²) < 4.78 is 5.25. The predicted octanol–water partition coefficient (Wildman–Crippen LogP) is 3.01. The van der Waals surface area contributed by atoms with Crippen LogP contribution in [0.2, 0.25) is 0 Å². The van der Waals surface area contributed by atoms with Crippen molar-refractivity contribution in [2.45, 2.75) is 26.9 Å². The van der Waals surface area contributed by atoms with Crippen molar-refractivity contribution in [1.29, 1.82) is 0 Å². The van der Waals surface area contributed by atoms with Gasteiger partial charge in [-0.15, -0.1) is 0 Å². The number of aryl methyl sites for hydroxylation is 2. The monoisotopic (exact) mass is 164 g/mol. The first-order chi connectivity index (χ1) is 5.63. The van der Waals surface area contributed by atoms with Crippen LogP contribution in [0.3, 0.4) is 0 Å². The van der Waals surface area contributed by atoms with Gasteiger partial charge in [0.05, 0.1) is 6.10 Å². The van der Waals surface area contributed by atoms with Gasteiger partial charge in [-0.1, -0.05) is 29.3 Å². The van der Waals surface area contributed by atoms with Gasteiger partial charge in [-0.3, -0.25) is 0 Å². The van der Waals surface area contributed by atoms with E-state index in [0.717, 1.165) is 0 Å². The van der Waals surface area contributed by atoms with Gasteiger partial charge in [-0.2, -0.15) is 0 Å². The maximum absolute atomic E-state index is 5.25. The van der Waals surface area contributed by atoms with Gasteiger partial charge >= 0.3 is 0 Å². The molecule has 1 unspecified atom stereocenters. The topological polar surface area (TPSA) is 9.23 Å². The van der Waals surface area contributed by atoms with Crippen LogP contribution >= 0.6 is 0 Å². The van der Waals surface area contributed by atoms with Crippen molar-refractivity contribution in [3.8, 4) is 0 Å². The van der Waals surface area contributed by atoms with Gasteiger partial charge in [-0.25, -0.2) is 0 Å². The lowest BCUT2D eigenvalue weighted by Gasteiger charge is -2.11. The largest absolute Gasteiger partial charge is 0.377 e. The Hall–Kier alpha value is -0.820. The molecule has 1 aromatic carbocycles. The Kier molecular flexibility index (Phi) is 2.88. The van der Waals surface area contributed by atoms with Crippen LogP contribution < -0.4 is 0 Å². The molecular weight excluding hydrogens is 148 g/mol. The molecule has 1 atom stereocenters. The van der Waals surface area contributed by atoms with Crippen molar-refractivity contribution in [3.05, 3.63) is 34.9 Å². The number of methoxy groups -OCH3 is 1. The summed E-state index contributed by atoms with van der Waals surface area (Å²) in [4.78, 5) is 0. The van der Waals surface area contributed by atoms with Crippen LogP contribution in [0.15, 0.2) is 18.2 Å². The Bertz CT molecular complexity index is 245. The smallest absolute Gasteiger partial charge is 0.0793 e. The van der Waals surface area contributed by atoms with E-state index in [1.807, 2.05) is 0 Å². The summed E-state index contributed by atoms with van der Waals surface area (Å²) in [5.74, 6) is 0. The molecule has 0 aliphatic heterocycles. The zero-order chi connectivity index (χ0) is 9.14. The molecule has 0 heterocycles. The van der Waals surface area contributed by atoms with E-state index < -0.39 is 0 Å². The standard InChI is InChI=1S/C11H16O/c1-8-5-9(2)7-11(6-8)10(3)12-4/h5-7,10H,1-4H3. The van der Waals surface area contributed by atoms with Gasteiger partial charge < -0.3 is 4.74 Å². The normalized spacial score (nSPS) is 13.0. The Balaban J connectivity index is 3.00. The highest BCUT2D eigenvalue weighted by molar-refractivity contribution is 5.29. The molecule has 1 aromatic rings. The fraction of sp³-hybridized carbons (Fsp3) is 0.455. The molecule has 0 aromatic heterocycles. The molecule has 0 aliphatic carbocycles. The summed E-state index contributed by atoms with van der Waals surface area (Å²) in [5.41, 5.74) is 3.86. The summed E-state index contributed by atoms with van der Waals surface area (Å²) in [6.45, 7) is 6.28. The molecule has 1 rings (SSSR count). The molecule has 0 aliphatic rings. The summed E-state index contributed by atoms with van der Waals surface area (Å²) in [6.07, 6.45) is 0.198. The van der Waals surface area contributed by atoms with E-state index in [1.165, 1.54) is 16.7 Å². The number of ether oxygens (including phenoxy) is 1. The molecule has 0 saturated carbocycles. The molecule has 12 heavy (non-hydrogen) atoms. The minimum Gasteiger partial charge on any atom is -0.377 e. The molecule has 0 spiro atoms.